The highest BCUT2D eigenvalue weighted by atomic mass is 32.2. The van der Waals surface area contributed by atoms with Gasteiger partial charge in [0.2, 0.25) is 0 Å². The second-order valence-electron chi connectivity index (χ2n) is 3.95. The van der Waals surface area contributed by atoms with Gasteiger partial charge >= 0.3 is 0 Å². The van der Waals surface area contributed by atoms with Crippen LogP contribution in [0.15, 0.2) is 35.8 Å². The first-order valence-electron chi connectivity index (χ1n) is 5.88. The van der Waals surface area contributed by atoms with Crippen LogP contribution in [0.2, 0.25) is 0 Å². The molecule has 2 heterocycles. The molecule has 0 N–H and O–H groups in total. The molecule has 0 aromatic carbocycles. The zero-order valence-electron chi connectivity index (χ0n) is 10.7. The second-order valence-corrected chi connectivity index (χ2v) is 5.00. The van der Waals surface area contributed by atoms with Crippen molar-refractivity contribution in [2.75, 3.05) is 0 Å². The van der Waals surface area contributed by atoms with Crippen LogP contribution in [0.1, 0.15) is 29.7 Å². The van der Waals surface area contributed by atoms with Gasteiger partial charge in [0.05, 0.1) is 11.4 Å². The van der Waals surface area contributed by atoms with E-state index in [0.717, 1.165) is 23.0 Å². The molecule has 0 bridgehead atoms. The van der Waals surface area contributed by atoms with Crippen LogP contribution < -0.4 is 0 Å². The Morgan fingerprint density at radius 3 is 2.89 bits per heavy atom. The molecule has 1 aliphatic heterocycles. The summed E-state index contributed by atoms with van der Waals surface area (Å²) in [4.78, 5) is 10.2. The van der Waals surface area contributed by atoms with Gasteiger partial charge in [-0.3, -0.25) is 0 Å². The van der Waals surface area contributed by atoms with Crippen LogP contribution in [-0.2, 0) is 5.75 Å². The van der Waals surface area contributed by atoms with Crippen LogP contribution >= 0.6 is 11.8 Å². The summed E-state index contributed by atoms with van der Waals surface area (Å²) in [5, 5.41) is 0. The van der Waals surface area contributed by atoms with Crippen molar-refractivity contribution in [3.63, 3.8) is 0 Å². The zero-order chi connectivity index (χ0) is 13.0. The van der Waals surface area contributed by atoms with Crippen LogP contribution in [0.3, 0.4) is 0 Å². The molecule has 1 aromatic heterocycles. The highest BCUT2D eigenvalue weighted by Crippen LogP contribution is 2.33. The molecule has 0 amide bonds. The Kier molecular flexibility index (Phi) is 4.15. The minimum absolute atomic E-state index is 0.817. The van der Waals surface area contributed by atoms with Gasteiger partial charge in [-0.1, -0.05) is 24.8 Å². The number of hydrogen-bond acceptors (Lipinski definition) is 3. The molecule has 0 aliphatic carbocycles. The quantitative estimate of drug-likeness (QED) is 0.760. The van der Waals surface area contributed by atoms with Crippen LogP contribution in [-0.4, -0.2) is 9.97 Å². The van der Waals surface area contributed by atoms with E-state index in [1.54, 1.807) is 17.8 Å². The van der Waals surface area contributed by atoms with Crippen molar-refractivity contribution in [1.29, 1.82) is 0 Å². The van der Waals surface area contributed by atoms with Crippen molar-refractivity contribution >= 4 is 23.9 Å². The molecule has 92 valence electrons. The number of fused-ring (bicyclic) bond motifs is 1. The number of aryl methyl sites for hydroxylation is 1. The second kappa shape index (κ2) is 5.83. The van der Waals surface area contributed by atoms with Crippen molar-refractivity contribution < 1.29 is 0 Å². The molecule has 2 nitrogen and oxygen atoms in total. The van der Waals surface area contributed by atoms with Gasteiger partial charge in [0.1, 0.15) is 5.82 Å². The summed E-state index contributed by atoms with van der Waals surface area (Å²) in [6, 6.07) is 0. The molecule has 0 unspecified atom stereocenters. The Bertz CT molecular complexity index is 554. The molecule has 0 saturated heterocycles. The monoisotopic (exact) mass is 256 g/mol. The summed E-state index contributed by atoms with van der Waals surface area (Å²) in [5.41, 5.74) is 3.30. The minimum atomic E-state index is 0.817. The molecule has 1 aliphatic rings. The van der Waals surface area contributed by atoms with Crippen molar-refractivity contribution in [2.24, 2.45) is 0 Å². The van der Waals surface area contributed by atoms with Crippen molar-refractivity contribution in [3.05, 3.63) is 58.6 Å². The largest absolute Gasteiger partial charge is 0.234 e. The van der Waals surface area contributed by atoms with Gasteiger partial charge in [-0.2, -0.15) is 0 Å². The van der Waals surface area contributed by atoms with Gasteiger partial charge < -0.3 is 0 Å². The predicted molar refractivity (Wildman–Crippen MR) is 80.1 cm³/mol. The lowest BCUT2D eigenvalue weighted by Crippen LogP contribution is -2.04. The highest BCUT2D eigenvalue weighted by Gasteiger charge is 2.15. The molecule has 0 saturated carbocycles. The summed E-state index contributed by atoms with van der Waals surface area (Å²) in [7, 11) is 0. The fourth-order valence-corrected chi connectivity index (χ4v) is 2.77. The third-order valence-electron chi connectivity index (χ3n) is 2.57. The number of thioether (sulfide) groups is 1. The normalized spacial score (nSPS) is 14.9. The molecular weight excluding hydrogens is 240 g/mol. The summed E-state index contributed by atoms with van der Waals surface area (Å²) >= 11 is 1.80. The van der Waals surface area contributed by atoms with Crippen molar-refractivity contribution in [3.8, 4) is 0 Å². The maximum absolute atomic E-state index is 4.52. The topological polar surface area (TPSA) is 25.8 Å². The molecule has 2 rings (SSSR count). The molecule has 1 aromatic rings. The summed E-state index contributed by atoms with van der Waals surface area (Å²) in [5.74, 6) is 1.74. The molecule has 3 heteroatoms. The Morgan fingerprint density at radius 1 is 1.33 bits per heavy atom. The number of nitrogens with zero attached hydrogens (tertiary/aromatic N) is 2. The SMILES string of the molecule is C=C/C=C\C1=Cc2nc(C)nc(/C=C\C)c2CS1. The molecule has 18 heavy (non-hydrogen) atoms. The maximum atomic E-state index is 4.52. The lowest BCUT2D eigenvalue weighted by Gasteiger charge is -2.15. The first-order valence-corrected chi connectivity index (χ1v) is 6.87. The van der Waals surface area contributed by atoms with E-state index < -0.39 is 0 Å². The van der Waals surface area contributed by atoms with Crippen LogP contribution in [0.25, 0.3) is 12.2 Å². The van der Waals surface area contributed by atoms with Gasteiger partial charge in [-0.05, 0) is 32.1 Å². The first-order chi connectivity index (χ1) is 8.74. The molecular formula is C15H16N2S. The van der Waals surface area contributed by atoms with E-state index in [2.05, 4.69) is 28.7 Å². The van der Waals surface area contributed by atoms with E-state index in [1.807, 2.05) is 32.1 Å². The Labute approximate surface area is 112 Å². The Morgan fingerprint density at radius 2 is 2.17 bits per heavy atom. The van der Waals surface area contributed by atoms with Gasteiger partial charge in [0, 0.05) is 16.2 Å². The van der Waals surface area contributed by atoms with E-state index in [1.165, 1.54) is 10.5 Å². The maximum Gasteiger partial charge on any atom is 0.126 e. The predicted octanol–water partition coefficient (Wildman–Crippen LogP) is 4.15. The fourth-order valence-electron chi connectivity index (χ4n) is 1.79. The van der Waals surface area contributed by atoms with Crippen molar-refractivity contribution in [1.82, 2.24) is 9.97 Å². The Balaban J connectivity index is 2.47. The third kappa shape index (κ3) is 2.79. The third-order valence-corrected chi connectivity index (χ3v) is 3.59. The average molecular weight is 256 g/mol. The van der Waals surface area contributed by atoms with Crippen molar-refractivity contribution in [2.45, 2.75) is 19.6 Å². The van der Waals surface area contributed by atoms with E-state index in [4.69, 9.17) is 0 Å². The lowest BCUT2D eigenvalue weighted by atomic mass is 10.1. The van der Waals surface area contributed by atoms with Gasteiger partial charge in [0.25, 0.3) is 0 Å². The average Bonchev–Trinajstić information content (AvgIpc) is 2.36. The van der Waals surface area contributed by atoms with E-state index in [-0.39, 0.29) is 0 Å². The van der Waals surface area contributed by atoms with Gasteiger partial charge in [0.15, 0.2) is 0 Å². The molecule has 0 spiro atoms. The van der Waals surface area contributed by atoms with Gasteiger partial charge in [-0.25, -0.2) is 9.97 Å². The Hall–Kier alpha value is -1.61. The lowest BCUT2D eigenvalue weighted by molar-refractivity contribution is 1.00. The minimum Gasteiger partial charge on any atom is -0.234 e. The zero-order valence-corrected chi connectivity index (χ0v) is 11.5. The smallest absolute Gasteiger partial charge is 0.126 e. The standard InChI is InChI=1S/C15H16N2S/c1-4-6-8-12-9-15-13(10-18-12)14(7-5-2)16-11(3)17-15/h4-9H,1,10H2,2-3H3/b7-5-,8-6-. The molecule has 0 radical (unpaired) electrons. The first kappa shape index (κ1) is 12.8. The van der Waals surface area contributed by atoms with Gasteiger partial charge in [-0.15, -0.1) is 11.8 Å². The van der Waals surface area contributed by atoms with Crippen LogP contribution in [0.4, 0.5) is 0 Å². The summed E-state index contributed by atoms with van der Waals surface area (Å²) in [6.45, 7) is 7.62. The highest BCUT2D eigenvalue weighted by molar-refractivity contribution is 8.02. The number of rotatable bonds is 3. The fraction of sp³-hybridized carbons (Fsp3) is 0.200. The molecule has 0 atom stereocenters. The summed E-state index contributed by atoms with van der Waals surface area (Å²) in [6.07, 6.45) is 12.0. The number of aromatic nitrogens is 2. The molecule has 0 fully saturated rings. The summed E-state index contributed by atoms with van der Waals surface area (Å²) < 4.78 is 0. The van der Waals surface area contributed by atoms with E-state index in [0.29, 0.717) is 0 Å². The number of hydrogen-bond donors (Lipinski definition) is 0. The van der Waals surface area contributed by atoms with Crippen LogP contribution in [0, 0.1) is 6.92 Å². The van der Waals surface area contributed by atoms with E-state index in [9.17, 15) is 0 Å². The van der Waals surface area contributed by atoms with E-state index >= 15 is 0 Å². The number of allylic oxidation sites excluding steroid dienone is 4. The van der Waals surface area contributed by atoms with Crippen LogP contribution in [0.5, 0.6) is 0 Å².